The van der Waals surface area contributed by atoms with Crippen LogP contribution in [-0.2, 0) is 6.54 Å². The summed E-state index contributed by atoms with van der Waals surface area (Å²) >= 11 is 0. The van der Waals surface area contributed by atoms with E-state index in [4.69, 9.17) is 4.74 Å². The quantitative estimate of drug-likeness (QED) is 0.815. The minimum atomic E-state index is -0.137. The molecule has 1 rings (SSSR count). The Kier molecular flexibility index (Phi) is 6.05. The number of hydrogen-bond acceptors (Lipinski definition) is 2. The zero-order valence-electron chi connectivity index (χ0n) is 11.3. The van der Waals surface area contributed by atoms with Crippen LogP contribution in [0.15, 0.2) is 24.3 Å². The number of hydrogen-bond donors (Lipinski definition) is 2. The van der Waals surface area contributed by atoms with Crippen molar-refractivity contribution in [1.82, 2.24) is 10.6 Å². The van der Waals surface area contributed by atoms with Gasteiger partial charge in [0.15, 0.2) is 0 Å². The second-order valence-electron chi connectivity index (χ2n) is 4.33. The SMILES string of the molecule is CCCC(C)NC(=O)NCc1ccccc1OC. The van der Waals surface area contributed by atoms with Crippen LogP contribution in [0.25, 0.3) is 0 Å². The molecule has 4 heteroatoms. The van der Waals surface area contributed by atoms with Gasteiger partial charge in [-0.1, -0.05) is 31.5 Å². The summed E-state index contributed by atoms with van der Waals surface area (Å²) in [4.78, 5) is 11.6. The maximum Gasteiger partial charge on any atom is 0.315 e. The molecule has 1 unspecified atom stereocenters. The highest BCUT2D eigenvalue weighted by Crippen LogP contribution is 2.16. The summed E-state index contributed by atoms with van der Waals surface area (Å²) in [6.45, 7) is 4.58. The highest BCUT2D eigenvalue weighted by Gasteiger charge is 2.07. The van der Waals surface area contributed by atoms with Crippen LogP contribution >= 0.6 is 0 Å². The van der Waals surface area contributed by atoms with E-state index in [0.717, 1.165) is 24.2 Å². The summed E-state index contributed by atoms with van der Waals surface area (Å²) in [7, 11) is 1.63. The summed E-state index contributed by atoms with van der Waals surface area (Å²) < 4.78 is 5.23. The number of carbonyl (C=O) groups is 1. The van der Waals surface area contributed by atoms with Crippen LogP contribution in [0.5, 0.6) is 5.75 Å². The van der Waals surface area contributed by atoms with E-state index < -0.39 is 0 Å². The van der Waals surface area contributed by atoms with Crippen LogP contribution in [-0.4, -0.2) is 19.2 Å². The third kappa shape index (κ3) is 4.65. The Bertz CT molecular complexity index is 380. The number of ether oxygens (including phenoxy) is 1. The van der Waals surface area contributed by atoms with Gasteiger partial charge in [-0.05, 0) is 19.4 Å². The second kappa shape index (κ2) is 7.58. The van der Waals surface area contributed by atoms with E-state index >= 15 is 0 Å². The Labute approximate surface area is 109 Å². The van der Waals surface area contributed by atoms with Gasteiger partial charge >= 0.3 is 6.03 Å². The minimum absolute atomic E-state index is 0.137. The molecule has 0 aliphatic rings. The molecule has 1 aromatic rings. The predicted molar refractivity (Wildman–Crippen MR) is 72.7 cm³/mol. The van der Waals surface area contributed by atoms with Crippen molar-refractivity contribution in [2.24, 2.45) is 0 Å². The zero-order chi connectivity index (χ0) is 13.4. The molecule has 1 atom stereocenters. The lowest BCUT2D eigenvalue weighted by Crippen LogP contribution is -2.40. The fourth-order valence-electron chi connectivity index (χ4n) is 1.80. The predicted octanol–water partition coefficient (Wildman–Crippen LogP) is 2.68. The molecule has 0 aliphatic heterocycles. The van der Waals surface area contributed by atoms with Gasteiger partial charge in [-0.3, -0.25) is 0 Å². The molecule has 18 heavy (non-hydrogen) atoms. The Morgan fingerprint density at radius 2 is 2.11 bits per heavy atom. The number of nitrogens with one attached hydrogen (secondary N) is 2. The molecule has 0 bridgehead atoms. The topological polar surface area (TPSA) is 50.4 Å². The molecule has 100 valence electrons. The van der Waals surface area contributed by atoms with E-state index in [2.05, 4.69) is 17.6 Å². The number of amides is 2. The highest BCUT2D eigenvalue weighted by molar-refractivity contribution is 5.74. The molecule has 2 amide bonds. The van der Waals surface area contributed by atoms with Gasteiger partial charge in [-0.2, -0.15) is 0 Å². The van der Waals surface area contributed by atoms with Crippen LogP contribution < -0.4 is 15.4 Å². The van der Waals surface area contributed by atoms with Gasteiger partial charge in [0, 0.05) is 18.2 Å². The van der Waals surface area contributed by atoms with Crippen LogP contribution in [0.1, 0.15) is 32.3 Å². The summed E-state index contributed by atoms with van der Waals surface area (Å²) in [6, 6.07) is 7.72. The Balaban J connectivity index is 2.42. The molecule has 0 heterocycles. The molecule has 0 saturated carbocycles. The van der Waals surface area contributed by atoms with Crippen LogP contribution in [0.2, 0.25) is 0 Å². The Morgan fingerprint density at radius 3 is 2.78 bits per heavy atom. The van der Waals surface area contributed by atoms with Crippen molar-refractivity contribution in [1.29, 1.82) is 0 Å². The summed E-state index contributed by atoms with van der Waals surface area (Å²) in [5.74, 6) is 0.791. The van der Waals surface area contributed by atoms with Gasteiger partial charge in [0.2, 0.25) is 0 Å². The average Bonchev–Trinajstić information content (AvgIpc) is 2.37. The third-order valence-electron chi connectivity index (χ3n) is 2.73. The van der Waals surface area contributed by atoms with Gasteiger partial charge in [-0.25, -0.2) is 4.79 Å². The van der Waals surface area contributed by atoms with E-state index in [9.17, 15) is 4.79 Å². The zero-order valence-corrected chi connectivity index (χ0v) is 11.3. The highest BCUT2D eigenvalue weighted by atomic mass is 16.5. The van der Waals surface area contributed by atoms with E-state index in [0.29, 0.717) is 6.54 Å². The third-order valence-corrected chi connectivity index (χ3v) is 2.73. The number of carbonyl (C=O) groups excluding carboxylic acids is 1. The fourth-order valence-corrected chi connectivity index (χ4v) is 1.80. The Morgan fingerprint density at radius 1 is 1.39 bits per heavy atom. The van der Waals surface area contributed by atoms with Crippen LogP contribution in [0.3, 0.4) is 0 Å². The van der Waals surface area contributed by atoms with Crippen molar-refractivity contribution in [3.63, 3.8) is 0 Å². The van der Waals surface area contributed by atoms with E-state index in [-0.39, 0.29) is 12.1 Å². The lowest BCUT2D eigenvalue weighted by molar-refractivity contribution is 0.236. The lowest BCUT2D eigenvalue weighted by atomic mass is 10.2. The van der Waals surface area contributed by atoms with E-state index in [1.54, 1.807) is 7.11 Å². The van der Waals surface area contributed by atoms with E-state index in [1.165, 1.54) is 0 Å². The molecule has 4 nitrogen and oxygen atoms in total. The van der Waals surface area contributed by atoms with Crippen molar-refractivity contribution in [2.45, 2.75) is 39.3 Å². The van der Waals surface area contributed by atoms with Crippen molar-refractivity contribution >= 4 is 6.03 Å². The minimum Gasteiger partial charge on any atom is -0.496 e. The van der Waals surface area contributed by atoms with Crippen molar-refractivity contribution in [3.05, 3.63) is 29.8 Å². The van der Waals surface area contributed by atoms with Crippen LogP contribution in [0, 0.1) is 0 Å². The first kappa shape index (κ1) is 14.4. The second-order valence-corrected chi connectivity index (χ2v) is 4.33. The van der Waals surface area contributed by atoms with Crippen LogP contribution in [0.4, 0.5) is 4.79 Å². The largest absolute Gasteiger partial charge is 0.496 e. The summed E-state index contributed by atoms with van der Waals surface area (Å²) in [5, 5.41) is 5.73. The van der Waals surface area contributed by atoms with Gasteiger partial charge in [0.25, 0.3) is 0 Å². The smallest absolute Gasteiger partial charge is 0.315 e. The standard InChI is InChI=1S/C14H22N2O2/c1-4-7-11(2)16-14(17)15-10-12-8-5-6-9-13(12)18-3/h5-6,8-9,11H,4,7,10H2,1-3H3,(H2,15,16,17). The number of benzene rings is 1. The fraction of sp³-hybridized carbons (Fsp3) is 0.500. The number of para-hydroxylation sites is 1. The number of methoxy groups -OCH3 is 1. The first-order valence-electron chi connectivity index (χ1n) is 6.33. The first-order chi connectivity index (χ1) is 8.67. The molecule has 0 saturated heterocycles. The molecule has 0 spiro atoms. The van der Waals surface area contributed by atoms with Crippen molar-refractivity contribution in [2.75, 3.05) is 7.11 Å². The van der Waals surface area contributed by atoms with Gasteiger partial charge < -0.3 is 15.4 Å². The molecule has 0 fully saturated rings. The summed E-state index contributed by atoms with van der Waals surface area (Å²) in [6.07, 6.45) is 2.05. The molecule has 0 aliphatic carbocycles. The van der Waals surface area contributed by atoms with E-state index in [1.807, 2.05) is 31.2 Å². The molecular weight excluding hydrogens is 228 g/mol. The van der Waals surface area contributed by atoms with Crippen molar-refractivity contribution < 1.29 is 9.53 Å². The molecule has 0 radical (unpaired) electrons. The lowest BCUT2D eigenvalue weighted by Gasteiger charge is -2.14. The monoisotopic (exact) mass is 250 g/mol. The molecule has 0 aromatic heterocycles. The number of urea groups is 1. The normalized spacial score (nSPS) is 11.7. The molecular formula is C14H22N2O2. The maximum atomic E-state index is 11.6. The maximum absolute atomic E-state index is 11.6. The van der Waals surface area contributed by atoms with Gasteiger partial charge in [-0.15, -0.1) is 0 Å². The first-order valence-corrected chi connectivity index (χ1v) is 6.33. The van der Waals surface area contributed by atoms with Gasteiger partial charge in [0.1, 0.15) is 5.75 Å². The van der Waals surface area contributed by atoms with Gasteiger partial charge in [0.05, 0.1) is 7.11 Å². The average molecular weight is 250 g/mol. The molecule has 2 N–H and O–H groups in total. The summed E-state index contributed by atoms with van der Waals surface area (Å²) in [5.41, 5.74) is 0.971. The Hall–Kier alpha value is -1.71. The molecule has 1 aromatic carbocycles. The van der Waals surface area contributed by atoms with Crippen molar-refractivity contribution in [3.8, 4) is 5.75 Å². The number of rotatable bonds is 6.